The summed E-state index contributed by atoms with van der Waals surface area (Å²) in [5, 5.41) is 12.6. The SMILES string of the molecule is C=CCSc1nnc2c(n1)O[C@@H](c1ccc3c(c1)OCO3)Nc1ccc(Br)cc1-2. The molecule has 0 spiro atoms. The van der Waals surface area contributed by atoms with E-state index in [1.807, 2.05) is 36.4 Å². The Morgan fingerprint density at radius 1 is 1.17 bits per heavy atom. The molecule has 0 unspecified atom stereocenters. The van der Waals surface area contributed by atoms with E-state index in [9.17, 15) is 0 Å². The molecular formula is C20H15BrN4O3S. The number of nitrogens with one attached hydrogen (secondary N) is 1. The van der Waals surface area contributed by atoms with E-state index in [0.717, 1.165) is 27.0 Å². The molecule has 2 aromatic carbocycles. The van der Waals surface area contributed by atoms with Gasteiger partial charge in [0.25, 0.3) is 0 Å². The lowest BCUT2D eigenvalue weighted by Gasteiger charge is -2.19. The quantitative estimate of drug-likeness (QED) is 0.429. The highest BCUT2D eigenvalue weighted by atomic mass is 79.9. The molecule has 7 nitrogen and oxygen atoms in total. The number of anilines is 1. The zero-order valence-corrected chi connectivity index (χ0v) is 17.5. The summed E-state index contributed by atoms with van der Waals surface area (Å²) >= 11 is 4.98. The highest BCUT2D eigenvalue weighted by Gasteiger charge is 2.27. The minimum Gasteiger partial charge on any atom is -0.454 e. The van der Waals surface area contributed by atoms with Gasteiger partial charge in [0.05, 0.1) is 0 Å². The summed E-state index contributed by atoms with van der Waals surface area (Å²) in [7, 11) is 0. The van der Waals surface area contributed by atoms with Gasteiger partial charge >= 0.3 is 0 Å². The minimum absolute atomic E-state index is 0.221. The fraction of sp³-hybridized carbons (Fsp3) is 0.150. The topological polar surface area (TPSA) is 78.4 Å². The van der Waals surface area contributed by atoms with Crippen LogP contribution in [0.3, 0.4) is 0 Å². The lowest BCUT2D eigenvalue weighted by atomic mass is 10.1. The predicted molar refractivity (Wildman–Crippen MR) is 113 cm³/mol. The Morgan fingerprint density at radius 2 is 2.07 bits per heavy atom. The highest BCUT2D eigenvalue weighted by molar-refractivity contribution is 9.10. The fourth-order valence-electron chi connectivity index (χ4n) is 3.09. The molecule has 29 heavy (non-hydrogen) atoms. The summed E-state index contributed by atoms with van der Waals surface area (Å²) in [5.41, 5.74) is 3.20. The van der Waals surface area contributed by atoms with E-state index < -0.39 is 6.23 Å². The van der Waals surface area contributed by atoms with E-state index in [1.165, 1.54) is 11.8 Å². The second-order valence-corrected chi connectivity index (χ2v) is 8.20. The van der Waals surface area contributed by atoms with Crippen LogP contribution in [0.4, 0.5) is 5.69 Å². The summed E-state index contributed by atoms with van der Waals surface area (Å²) < 4.78 is 18.1. The van der Waals surface area contributed by atoms with E-state index in [4.69, 9.17) is 14.2 Å². The largest absolute Gasteiger partial charge is 0.454 e. The summed E-state index contributed by atoms with van der Waals surface area (Å²) in [4.78, 5) is 4.60. The van der Waals surface area contributed by atoms with E-state index in [1.54, 1.807) is 6.08 Å². The van der Waals surface area contributed by atoms with Gasteiger partial charge in [0, 0.05) is 27.0 Å². The molecule has 9 heteroatoms. The van der Waals surface area contributed by atoms with Gasteiger partial charge in [-0.2, -0.15) is 4.98 Å². The summed E-state index contributed by atoms with van der Waals surface area (Å²) in [6, 6.07) is 11.6. The van der Waals surface area contributed by atoms with Crippen molar-refractivity contribution in [2.24, 2.45) is 0 Å². The number of hydrogen-bond donors (Lipinski definition) is 1. The maximum absolute atomic E-state index is 6.27. The number of thioether (sulfide) groups is 1. The summed E-state index contributed by atoms with van der Waals surface area (Å²) in [6.45, 7) is 3.95. The van der Waals surface area contributed by atoms with Crippen LogP contribution in [0.2, 0.25) is 0 Å². The second kappa shape index (κ2) is 7.57. The average molecular weight is 471 g/mol. The standard InChI is InChI=1S/C20H15BrN4O3S/c1-2-7-29-20-23-19-17(24-25-20)13-9-12(21)4-5-14(13)22-18(28-19)11-3-6-15-16(8-11)27-10-26-15/h2-6,8-9,18,22H,1,7,10H2/t18-/m0/s1. The molecule has 0 aliphatic carbocycles. The Bertz CT molecular complexity index is 1110. The number of nitrogens with zero attached hydrogens (tertiary/aromatic N) is 3. The molecule has 3 aromatic rings. The lowest BCUT2D eigenvalue weighted by molar-refractivity contribution is 0.173. The monoisotopic (exact) mass is 470 g/mol. The number of ether oxygens (including phenoxy) is 3. The van der Waals surface area contributed by atoms with Crippen LogP contribution < -0.4 is 19.5 Å². The van der Waals surface area contributed by atoms with Gasteiger partial charge in [-0.25, -0.2) is 0 Å². The Hall–Kier alpha value is -2.78. The Labute approximate surface area is 179 Å². The normalized spacial score (nSPS) is 16.1. The summed E-state index contributed by atoms with van der Waals surface area (Å²) in [5.74, 6) is 2.51. The van der Waals surface area contributed by atoms with E-state index >= 15 is 0 Å². The molecule has 0 bridgehead atoms. The molecule has 0 saturated carbocycles. The third kappa shape index (κ3) is 3.51. The molecule has 0 fully saturated rings. The number of benzene rings is 2. The highest BCUT2D eigenvalue weighted by Crippen LogP contribution is 2.42. The van der Waals surface area contributed by atoms with Crippen molar-refractivity contribution in [3.63, 3.8) is 0 Å². The third-order valence-electron chi connectivity index (χ3n) is 4.42. The van der Waals surface area contributed by atoms with Gasteiger partial charge in [-0.05, 0) is 36.4 Å². The molecule has 1 N–H and O–H groups in total. The van der Waals surface area contributed by atoms with E-state index in [-0.39, 0.29) is 6.79 Å². The molecule has 5 rings (SSSR count). The lowest BCUT2D eigenvalue weighted by Crippen LogP contribution is -2.17. The van der Waals surface area contributed by atoms with Crippen LogP contribution in [0.25, 0.3) is 11.3 Å². The van der Waals surface area contributed by atoms with Gasteiger partial charge in [-0.15, -0.1) is 16.8 Å². The van der Waals surface area contributed by atoms with Gasteiger partial charge in [0.15, 0.2) is 23.4 Å². The van der Waals surface area contributed by atoms with Gasteiger partial charge in [0.2, 0.25) is 17.8 Å². The molecule has 3 heterocycles. The van der Waals surface area contributed by atoms with Crippen molar-refractivity contribution >= 4 is 33.4 Å². The van der Waals surface area contributed by atoms with Gasteiger partial charge < -0.3 is 19.5 Å². The van der Waals surface area contributed by atoms with E-state index in [0.29, 0.717) is 28.2 Å². The molecule has 2 aliphatic heterocycles. The zero-order valence-electron chi connectivity index (χ0n) is 15.1. The molecule has 2 aliphatic rings. The van der Waals surface area contributed by atoms with Crippen molar-refractivity contribution in [1.82, 2.24) is 15.2 Å². The van der Waals surface area contributed by atoms with Crippen molar-refractivity contribution < 1.29 is 14.2 Å². The fourth-order valence-corrected chi connectivity index (χ4v) is 3.97. The van der Waals surface area contributed by atoms with Gasteiger partial charge in [-0.1, -0.05) is 33.8 Å². The number of hydrogen-bond acceptors (Lipinski definition) is 8. The van der Waals surface area contributed by atoms with Crippen LogP contribution in [0.5, 0.6) is 17.4 Å². The molecular weight excluding hydrogens is 456 g/mol. The maximum atomic E-state index is 6.27. The average Bonchev–Trinajstić information content (AvgIpc) is 3.14. The maximum Gasteiger partial charge on any atom is 0.247 e. The molecule has 146 valence electrons. The van der Waals surface area contributed by atoms with Crippen LogP contribution in [0, 0.1) is 0 Å². The Morgan fingerprint density at radius 3 is 2.97 bits per heavy atom. The molecule has 0 amide bonds. The van der Waals surface area contributed by atoms with Gasteiger partial charge in [0.1, 0.15) is 0 Å². The van der Waals surface area contributed by atoms with Crippen LogP contribution in [-0.2, 0) is 0 Å². The van der Waals surface area contributed by atoms with Crippen LogP contribution in [0.15, 0.2) is 58.7 Å². The first-order chi connectivity index (χ1) is 14.2. The Kier molecular flexibility index (Phi) is 4.76. The number of halogens is 1. The number of aromatic nitrogens is 3. The van der Waals surface area contributed by atoms with Crippen molar-refractivity contribution in [1.29, 1.82) is 0 Å². The van der Waals surface area contributed by atoms with Crippen molar-refractivity contribution in [3.05, 3.63) is 59.1 Å². The third-order valence-corrected chi connectivity index (χ3v) is 5.74. The Balaban J connectivity index is 1.60. The van der Waals surface area contributed by atoms with Crippen molar-refractivity contribution in [3.8, 4) is 28.6 Å². The van der Waals surface area contributed by atoms with Crippen molar-refractivity contribution in [2.45, 2.75) is 11.4 Å². The van der Waals surface area contributed by atoms with Crippen LogP contribution >= 0.6 is 27.7 Å². The number of fused-ring (bicyclic) bond motifs is 4. The predicted octanol–water partition coefficient (Wildman–Crippen LogP) is 4.81. The van der Waals surface area contributed by atoms with Crippen LogP contribution in [0.1, 0.15) is 11.8 Å². The second-order valence-electron chi connectivity index (χ2n) is 6.29. The molecule has 1 atom stereocenters. The zero-order chi connectivity index (χ0) is 19.8. The van der Waals surface area contributed by atoms with Gasteiger partial charge in [-0.3, -0.25) is 0 Å². The number of rotatable bonds is 4. The molecule has 1 aromatic heterocycles. The molecule has 0 saturated heterocycles. The first-order valence-electron chi connectivity index (χ1n) is 8.82. The van der Waals surface area contributed by atoms with Crippen molar-refractivity contribution in [2.75, 3.05) is 17.9 Å². The van der Waals surface area contributed by atoms with Crippen LogP contribution in [-0.4, -0.2) is 27.7 Å². The smallest absolute Gasteiger partial charge is 0.247 e. The minimum atomic E-state index is -0.486. The van der Waals surface area contributed by atoms with E-state index in [2.05, 4.69) is 43.0 Å². The first-order valence-corrected chi connectivity index (χ1v) is 10.6. The summed E-state index contributed by atoms with van der Waals surface area (Å²) in [6.07, 6.45) is 1.31. The molecule has 0 radical (unpaired) electrons. The first kappa shape index (κ1) is 18.3.